The lowest BCUT2D eigenvalue weighted by molar-refractivity contribution is 0.168. The lowest BCUT2D eigenvalue weighted by atomic mass is 10.0. The molecule has 0 aromatic heterocycles. The van der Waals surface area contributed by atoms with Crippen molar-refractivity contribution in [2.24, 2.45) is 5.73 Å². The first-order valence-electron chi connectivity index (χ1n) is 6.03. The van der Waals surface area contributed by atoms with Crippen molar-refractivity contribution in [1.29, 1.82) is 0 Å². The first-order chi connectivity index (χ1) is 8.43. The molecule has 0 bridgehead atoms. The summed E-state index contributed by atoms with van der Waals surface area (Å²) in [5, 5.41) is 12.5. The van der Waals surface area contributed by atoms with Crippen LogP contribution in [0.15, 0.2) is 18.2 Å². The molecular formula is C13H20F2N2O. The van der Waals surface area contributed by atoms with Crippen molar-refractivity contribution < 1.29 is 13.9 Å². The van der Waals surface area contributed by atoms with E-state index >= 15 is 0 Å². The van der Waals surface area contributed by atoms with Crippen LogP contribution in [0.5, 0.6) is 0 Å². The van der Waals surface area contributed by atoms with E-state index in [-0.39, 0.29) is 18.6 Å². The average molecular weight is 258 g/mol. The Balaban J connectivity index is 2.73. The number of aliphatic hydroxyl groups is 1. The van der Waals surface area contributed by atoms with Gasteiger partial charge in [0.05, 0.1) is 6.10 Å². The monoisotopic (exact) mass is 258 g/mol. The molecule has 0 heterocycles. The van der Waals surface area contributed by atoms with E-state index in [9.17, 15) is 13.9 Å². The van der Waals surface area contributed by atoms with E-state index in [2.05, 4.69) is 5.32 Å². The summed E-state index contributed by atoms with van der Waals surface area (Å²) in [6, 6.07) is 3.53. The molecule has 3 unspecified atom stereocenters. The minimum Gasteiger partial charge on any atom is -0.393 e. The molecule has 4 N–H and O–H groups in total. The summed E-state index contributed by atoms with van der Waals surface area (Å²) >= 11 is 0. The summed E-state index contributed by atoms with van der Waals surface area (Å²) in [5.41, 5.74) is 6.24. The Hall–Kier alpha value is -1.04. The van der Waals surface area contributed by atoms with E-state index in [4.69, 9.17) is 5.73 Å². The number of rotatable bonds is 6. The Bertz CT molecular complexity index is 385. The summed E-state index contributed by atoms with van der Waals surface area (Å²) in [6.45, 7) is 3.89. The molecule has 0 aliphatic carbocycles. The van der Waals surface area contributed by atoms with Gasteiger partial charge in [-0.05, 0) is 38.0 Å². The SMILES string of the molecule is CC(O)CC(C)NC(CN)c1ccc(F)c(F)c1. The Morgan fingerprint density at radius 2 is 1.94 bits per heavy atom. The molecule has 0 aliphatic heterocycles. The Morgan fingerprint density at radius 3 is 2.44 bits per heavy atom. The fourth-order valence-corrected chi connectivity index (χ4v) is 1.95. The van der Waals surface area contributed by atoms with Crippen molar-refractivity contribution >= 4 is 0 Å². The van der Waals surface area contributed by atoms with Crippen LogP contribution in [0.3, 0.4) is 0 Å². The number of hydrogen-bond acceptors (Lipinski definition) is 3. The Morgan fingerprint density at radius 1 is 1.28 bits per heavy atom. The van der Waals surface area contributed by atoms with E-state index in [1.54, 1.807) is 6.92 Å². The number of nitrogens with two attached hydrogens (primary N) is 1. The molecule has 3 nitrogen and oxygen atoms in total. The third kappa shape index (κ3) is 4.33. The van der Waals surface area contributed by atoms with Crippen molar-refractivity contribution in [1.82, 2.24) is 5.32 Å². The first kappa shape index (κ1) is 15.0. The molecule has 0 aliphatic rings. The molecule has 0 saturated heterocycles. The van der Waals surface area contributed by atoms with Crippen molar-refractivity contribution in [2.45, 2.75) is 38.5 Å². The molecular weight excluding hydrogens is 238 g/mol. The lowest BCUT2D eigenvalue weighted by Gasteiger charge is -2.23. The molecule has 1 rings (SSSR count). The van der Waals surface area contributed by atoms with Crippen LogP contribution in [0.4, 0.5) is 8.78 Å². The van der Waals surface area contributed by atoms with Crippen LogP contribution in [0.25, 0.3) is 0 Å². The van der Waals surface area contributed by atoms with Crippen LogP contribution in [-0.2, 0) is 0 Å². The van der Waals surface area contributed by atoms with Crippen molar-refractivity contribution in [3.63, 3.8) is 0 Å². The predicted octanol–water partition coefficient (Wildman–Crippen LogP) is 1.71. The number of nitrogens with one attached hydrogen (secondary N) is 1. The highest BCUT2D eigenvalue weighted by molar-refractivity contribution is 5.21. The summed E-state index contributed by atoms with van der Waals surface area (Å²) in [4.78, 5) is 0. The number of aliphatic hydroxyl groups excluding tert-OH is 1. The van der Waals surface area contributed by atoms with E-state index in [1.807, 2.05) is 6.92 Å². The highest BCUT2D eigenvalue weighted by Gasteiger charge is 2.15. The predicted molar refractivity (Wildman–Crippen MR) is 67.0 cm³/mol. The molecule has 3 atom stereocenters. The van der Waals surface area contributed by atoms with Crippen molar-refractivity contribution in [3.05, 3.63) is 35.4 Å². The zero-order valence-corrected chi connectivity index (χ0v) is 10.7. The highest BCUT2D eigenvalue weighted by atomic mass is 19.2. The van der Waals surface area contributed by atoms with Gasteiger partial charge in [0.1, 0.15) is 0 Å². The average Bonchev–Trinajstić information content (AvgIpc) is 2.29. The lowest BCUT2D eigenvalue weighted by Crippen LogP contribution is -2.36. The van der Waals surface area contributed by atoms with Gasteiger partial charge in [0.25, 0.3) is 0 Å². The third-order valence-electron chi connectivity index (χ3n) is 2.76. The fraction of sp³-hybridized carbons (Fsp3) is 0.538. The van der Waals surface area contributed by atoms with Crippen molar-refractivity contribution in [2.75, 3.05) is 6.54 Å². The van der Waals surface area contributed by atoms with Gasteiger partial charge in [-0.25, -0.2) is 8.78 Å². The summed E-state index contributed by atoms with van der Waals surface area (Å²) in [6.07, 6.45) is 0.149. The van der Waals surface area contributed by atoms with Crippen LogP contribution < -0.4 is 11.1 Å². The van der Waals surface area contributed by atoms with Crippen LogP contribution in [0.2, 0.25) is 0 Å². The molecule has 5 heteroatoms. The summed E-state index contributed by atoms with van der Waals surface area (Å²) < 4.78 is 26.0. The third-order valence-corrected chi connectivity index (χ3v) is 2.76. The highest BCUT2D eigenvalue weighted by Crippen LogP contribution is 2.17. The van der Waals surface area contributed by atoms with Crippen LogP contribution >= 0.6 is 0 Å². The van der Waals surface area contributed by atoms with Gasteiger partial charge in [0.15, 0.2) is 11.6 Å². The van der Waals surface area contributed by atoms with Gasteiger partial charge in [0, 0.05) is 18.6 Å². The molecule has 18 heavy (non-hydrogen) atoms. The molecule has 0 amide bonds. The van der Waals surface area contributed by atoms with Crippen LogP contribution in [0.1, 0.15) is 31.9 Å². The molecule has 0 fully saturated rings. The topological polar surface area (TPSA) is 58.3 Å². The fourth-order valence-electron chi connectivity index (χ4n) is 1.95. The second-order valence-electron chi connectivity index (χ2n) is 4.61. The smallest absolute Gasteiger partial charge is 0.159 e. The maximum Gasteiger partial charge on any atom is 0.159 e. The first-order valence-corrected chi connectivity index (χ1v) is 6.03. The zero-order chi connectivity index (χ0) is 13.7. The van der Waals surface area contributed by atoms with E-state index in [0.29, 0.717) is 12.0 Å². The van der Waals surface area contributed by atoms with E-state index in [1.165, 1.54) is 6.07 Å². The van der Waals surface area contributed by atoms with Gasteiger partial charge in [-0.2, -0.15) is 0 Å². The minimum atomic E-state index is -0.879. The van der Waals surface area contributed by atoms with Gasteiger partial charge in [-0.15, -0.1) is 0 Å². The largest absolute Gasteiger partial charge is 0.393 e. The number of hydrogen-bond donors (Lipinski definition) is 3. The number of benzene rings is 1. The standard InChI is InChI=1S/C13H20F2N2O/c1-8(5-9(2)18)17-13(7-16)10-3-4-11(14)12(15)6-10/h3-4,6,8-9,13,17-18H,5,7,16H2,1-2H3. The molecule has 0 saturated carbocycles. The second-order valence-corrected chi connectivity index (χ2v) is 4.61. The van der Waals surface area contributed by atoms with Crippen LogP contribution in [-0.4, -0.2) is 23.8 Å². The Kier molecular flexibility index (Phi) is 5.65. The van der Waals surface area contributed by atoms with E-state index in [0.717, 1.165) is 12.1 Å². The minimum absolute atomic E-state index is 0.0339. The molecule has 0 spiro atoms. The summed E-state index contributed by atoms with van der Waals surface area (Å²) in [5.74, 6) is -1.75. The summed E-state index contributed by atoms with van der Waals surface area (Å²) in [7, 11) is 0. The molecule has 0 radical (unpaired) electrons. The van der Waals surface area contributed by atoms with Crippen molar-refractivity contribution in [3.8, 4) is 0 Å². The van der Waals surface area contributed by atoms with Gasteiger partial charge >= 0.3 is 0 Å². The molecule has 102 valence electrons. The maximum atomic E-state index is 13.1. The molecule has 1 aromatic carbocycles. The number of halogens is 2. The quantitative estimate of drug-likeness (QED) is 0.728. The maximum absolute atomic E-state index is 13.1. The van der Waals surface area contributed by atoms with Gasteiger partial charge in [-0.3, -0.25) is 0 Å². The van der Waals surface area contributed by atoms with Gasteiger partial charge in [-0.1, -0.05) is 6.07 Å². The zero-order valence-electron chi connectivity index (χ0n) is 10.7. The second kappa shape index (κ2) is 6.78. The van der Waals surface area contributed by atoms with Gasteiger partial charge < -0.3 is 16.2 Å². The van der Waals surface area contributed by atoms with Gasteiger partial charge in [0.2, 0.25) is 0 Å². The molecule has 1 aromatic rings. The van der Waals surface area contributed by atoms with Crippen LogP contribution in [0, 0.1) is 11.6 Å². The Labute approximate surface area is 106 Å². The van der Waals surface area contributed by atoms with E-state index < -0.39 is 17.7 Å². The normalized spacial score (nSPS) is 16.3.